The summed E-state index contributed by atoms with van der Waals surface area (Å²) in [6.45, 7) is 5.45. The minimum atomic E-state index is -0.907. The van der Waals surface area contributed by atoms with Gasteiger partial charge in [-0.3, -0.25) is 9.59 Å². The number of rotatable bonds is 2. The monoisotopic (exact) mass is 307 g/mol. The van der Waals surface area contributed by atoms with E-state index in [1.807, 2.05) is 0 Å². The van der Waals surface area contributed by atoms with Crippen LogP contribution in [0.25, 0.3) is 0 Å². The molecule has 1 aliphatic rings. The van der Waals surface area contributed by atoms with Crippen molar-refractivity contribution in [3.8, 4) is 0 Å². The summed E-state index contributed by atoms with van der Waals surface area (Å²) in [6.07, 6.45) is 0.703. The van der Waals surface area contributed by atoms with Gasteiger partial charge in [0.15, 0.2) is 0 Å². The summed E-state index contributed by atoms with van der Waals surface area (Å²) < 4.78 is 12.9. The Bertz CT molecular complexity index is 552. The third-order valence-electron chi connectivity index (χ3n) is 3.71. The van der Waals surface area contributed by atoms with Crippen molar-refractivity contribution in [1.29, 1.82) is 0 Å². The molecule has 0 aliphatic carbocycles. The minimum absolute atomic E-state index is 0.108. The van der Waals surface area contributed by atoms with Crippen LogP contribution in [0.4, 0.5) is 4.39 Å². The molecule has 1 fully saturated rings. The first kappa shape index (κ1) is 16.4. The molecule has 1 aliphatic heterocycles. The average molecular weight is 307 g/mol. The maximum absolute atomic E-state index is 12.9. The molecule has 0 atom stereocenters. The van der Waals surface area contributed by atoms with Crippen LogP contribution in [0.3, 0.4) is 0 Å². The van der Waals surface area contributed by atoms with Gasteiger partial charge in [-0.05, 0) is 44.5 Å². The Labute approximate surface area is 129 Å². The summed E-state index contributed by atoms with van der Waals surface area (Å²) in [5.41, 5.74) is 5.41. The third kappa shape index (κ3) is 3.82. The first-order valence-corrected chi connectivity index (χ1v) is 7.42. The van der Waals surface area contributed by atoms with E-state index in [0.29, 0.717) is 38.2 Å². The fourth-order valence-electron chi connectivity index (χ4n) is 2.51. The molecule has 0 radical (unpaired) electrons. The minimum Gasteiger partial charge on any atom is -0.339 e. The molecular weight excluding hydrogens is 285 g/mol. The summed E-state index contributed by atoms with van der Waals surface area (Å²) in [5, 5.41) is 0. The SMILES string of the molecule is CC(C)(N)C(=O)N1CCCN(C(=O)c2ccc(F)cc2)CC1. The molecule has 1 heterocycles. The second-order valence-corrected chi connectivity index (χ2v) is 6.17. The largest absolute Gasteiger partial charge is 0.339 e. The highest BCUT2D eigenvalue weighted by atomic mass is 19.1. The Morgan fingerprint density at radius 1 is 1.05 bits per heavy atom. The standard InChI is InChI=1S/C16H22FN3O2/c1-16(2,18)15(22)20-9-3-8-19(10-11-20)14(21)12-4-6-13(17)7-5-12/h4-7H,3,8-11,18H2,1-2H3. The van der Waals surface area contributed by atoms with E-state index >= 15 is 0 Å². The summed E-state index contributed by atoms with van der Waals surface area (Å²) in [6, 6.07) is 5.51. The first-order valence-electron chi connectivity index (χ1n) is 7.42. The highest BCUT2D eigenvalue weighted by molar-refractivity contribution is 5.94. The van der Waals surface area contributed by atoms with Crippen molar-refractivity contribution in [2.45, 2.75) is 25.8 Å². The molecule has 1 saturated heterocycles. The van der Waals surface area contributed by atoms with Gasteiger partial charge in [0.25, 0.3) is 5.91 Å². The van der Waals surface area contributed by atoms with Gasteiger partial charge >= 0.3 is 0 Å². The second-order valence-electron chi connectivity index (χ2n) is 6.17. The van der Waals surface area contributed by atoms with Crippen LogP contribution in [0.2, 0.25) is 0 Å². The third-order valence-corrected chi connectivity index (χ3v) is 3.71. The Balaban J connectivity index is 2.02. The lowest BCUT2D eigenvalue weighted by molar-refractivity contribution is -0.135. The number of amides is 2. The number of hydrogen-bond acceptors (Lipinski definition) is 3. The Morgan fingerprint density at radius 3 is 2.18 bits per heavy atom. The molecule has 22 heavy (non-hydrogen) atoms. The number of halogens is 1. The van der Waals surface area contributed by atoms with Crippen LogP contribution in [-0.2, 0) is 4.79 Å². The van der Waals surface area contributed by atoms with Crippen molar-refractivity contribution >= 4 is 11.8 Å². The maximum atomic E-state index is 12.9. The second kappa shape index (κ2) is 6.44. The molecule has 0 saturated carbocycles. The predicted octanol–water partition coefficient (Wildman–Crippen LogP) is 1.24. The molecule has 120 valence electrons. The average Bonchev–Trinajstić information content (AvgIpc) is 2.71. The van der Waals surface area contributed by atoms with E-state index in [2.05, 4.69) is 0 Å². The van der Waals surface area contributed by atoms with Crippen LogP contribution in [0, 0.1) is 5.82 Å². The summed E-state index contributed by atoms with van der Waals surface area (Å²) in [5.74, 6) is -0.612. The molecule has 0 spiro atoms. The Kier molecular flexibility index (Phi) is 4.81. The lowest BCUT2D eigenvalue weighted by atomic mass is 10.1. The zero-order chi connectivity index (χ0) is 16.3. The molecule has 0 aromatic heterocycles. The lowest BCUT2D eigenvalue weighted by Gasteiger charge is -2.28. The zero-order valence-electron chi connectivity index (χ0n) is 13.0. The van der Waals surface area contributed by atoms with Crippen LogP contribution in [-0.4, -0.2) is 53.3 Å². The molecule has 2 N–H and O–H groups in total. The number of benzene rings is 1. The fraction of sp³-hybridized carbons (Fsp3) is 0.500. The van der Waals surface area contributed by atoms with Crippen molar-refractivity contribution in [1.82, 2.24) is 9.80 Å². The van der Waals surface area contributed by atoms with Crippen LogP contribution in [0.1, 0.15) is 30.6 Å². The van der Waals surface area contributed by atoms with Gasteiger partial charge in [0, 0.05) is 31.7 Å². The highest BCUT2D eigenvalue weighted by Crippen LogP contribution is 2.12. The van der Waals surface area contributed by atoms with Crippen LogP contribution >= 0.6 is 0 Å². The molecule has 2 rings (SSSR count). The van der Waals surface area contributed by atoms with Crippen molar-refractivity contribution < 1.29 is 14.0 Å². The predicted molar refractivity (Wildman–Crippen MR) is 81.8 cm³/mol. The smallest absolute Gasteiger partial charge is 0.253 e. The van der Waals surface area contributed by atoms with Gasteiger partial charge in [-0.1, -0.05) is 0 Å². The number of carbonyl (C=O) groups excluding carboxylic acids is 2. The van der Waals surface area contributed by atoms with Crippen molar-refractivity contribution in [2.75, 3.05) is 26.2 Å². The molecule has 0 unspecified atom stereocenters. The molecule has 2 amide bonds. The van der Waals surface area contributed by atoms with Gasteiger partial charge < -0.3 is 15.5 Å². The molecular formula is C16H22FN3O2. The first-order chi connectivity index (χ1) is 10.3. The van der Waals surface area contributed by atoms with Gasteiger partial charge in [0.05, 0.1) is 5.54 Å². The van der Waals surface area contributed by atoms with Gasteiger partial charge in [-0.2, -0.15) is 0 Å². The molecule has 0 bridgehead atoms. The zero-order valence-corrected chi connectivity index (χ0v) is 13.0. The Hall–Kier alpha value is -1.95. The summed E-state index contributed by atoms with van der Waals surface area (Å²) in [7, 11) is 0. The maximum Gasteiger partial charge on any atom is 0.253 e. The summed E-state index contributed by atoms with van der Waals surface area (Å²) >= 11 is 0. The number of nitrogens with zero attached hydrogens (tertiary/aromatic N) is 2. The number of hydrogen-bond donors (Lipinski definition) is 1. The van der Waals surface area contributed by atoms with Crippen LogP contribution < -0.4 is 5.73 Å². The van der Waals surface area contributed by atoms with E-state index in [9.17, 15) is 14.0 Å². The highest BCUT2D eigenvalue weighted by Gasteiger charge is 2.30. The van der Waals surface area contributed by atoms with Crippen LogP contribution in [0.5, 0.6) is 0 Å². The molecule has 1 aromatic carbocycles. The van der Waals surface area contributed by atoms with Crippen molar-refractivity contribution in [3.63, 3.8) is 0 Å². The van der Waals surface area contributed by atoms with E-state index in [1.165, 1.54) is 24.3 Å². The van der Waals surface area contributed by atoms with Gasteiger partial charge in [-0.25, -0.2) is 4.39 Å². The van der Waals surface area contributed by atoms with E-state index in [-0.39, 0.29) is 17.6 Å². The van der Waals surface area contributed by atoms with Crippen LogP contribution in [0.15, 0.2) is 24.3 Å². The number of nitrogens with two attached hydrogens (primary N) is 1. The summed E-state index contributed by atoms with van der Waals surface area (Å²) in [4.78, 5) is 28.0. The number of carbonyl (C=O) groups is 2. The Morgan fingerprint density at radius 2 is 1.59 bits per heavy atom. The van der Waals surface area contributed by atoms with E-state index < -0.39 is 5.54 Å². The van der Waals surface area contributed by atoms with E-state index in [1.54, 1.807) is 23.6 Å². The van der Waals surface area contributed by atoms with Gasteiger partial charge in [-0.15, -0.1) is 0 Å². The van der Waals surface area contributed by atoms with Crippen molar-refractivity contribution in [2.24, 2.45) is 5.73 Å². The molecule has 5 nitrogen and oxygen atoms in total. The van der Waals surface area contributed by atoms with Gasteiger partial charge in [0.1, 0.15) is 5.82 Å². The van der Waals surface area contributed by atoms with E-state index in [4.69, 9.17) is 5.73 Å². The normalized spacial score (nSPS) is 16.4. The quantitative estimate of drug-likeness (QED) is 0.894. The van der Waals surface area contributed by atoms with Crippen molar-refractivity contribution in [3.05, 3.63) is 35.6 Å². The molecule has 1 aromatic rings. The fourth-order valence-corrected chi connectivity index (χ4v) is 2.51. The molecule has 6 heteroatoms. The lowest BCUT2D eigenvalue weighted by Crippen LogP contribution is -2.52. The van der Waals surface area contributed by atoms with Gasteiger partial charge in [0.2, 0.25) is 5.91 Å². The van der Waals surface area contributed by atoms with E-state index in [0.717, 1.165) is 0 Å². The topological polar surface area (TPSA) is 66.6 Å².